The van der Waals surface area contributed by atoms with Gasteiger partial charge in [0.2, 0.25) is 0 Å². The second-order valence-electron chi connectivity index (χ2n) is 4.19. The van der Waals surface area contributed by atoms with E-state index in [0.717, 1.165) is 22.5 Å². The van der Waals surface area contributed by atoms with Crippen LogP contribution in [-0.2, 0) is 23.1 Å². The highest BCUT2D eigenvalue weighted by Gasteiger charge is 2.20. The normalized spacial score (nSPS) is 11.5. The fraction of sp³-hybridized carbons (Fsp3) is 0.333. The zero-order valence-corrected chi connectivity index (χ0v) is 13.0. The number of rotatable bonds is 2. The van der Waals surface area contributed by atoms with E-state index in [1.54, 1.807) is 10.9 Å². The Morgan fingerprint density at radius 3 is 2.52 bits per heavy atom. The van der Waals surface area contributed by atoms with Crippen molar-refractivity contribution in [1.29, 1.82) is 0 Å². The number of carbonyl (C=O) groups excluding carboxylic acids is 1. The number of nitrogens with one attached hydrogen (secondary N) is 1. The van der Waals surface area contributed by atoms with Crippen molar-refractivity contribution in [2.75, 3.05) is 7.11 Å². The van der Waals surface area contributed by atoms with Gasteiger partial charge in [0.1, 0.15) is 5.69 Å². The second kappa shape index (κ2) is 7.16. The smallest absolute Gasteiger partial charge is 0.355 e. The van der Waals surface area contributed by atoms with Gasteiger partial charge in [0.05, 0.1) is 12.8 Å². The van der Waals surface area contributed by atoms with Gasteiger partial charge in [-0.3, -0.25) is 14.0 Å². The molecule has 0 saturated heterocycles. The highest BCUT2D eigenvalue weighted by molar-refractivity contribution is 7.76. The Morgan fingerprint density at radius 2 is 2.10 bits per heavy atom. The van der Waals surface area contributed by atoms with E-state index in [1.165, 1.54) is 7.11 Å². The summed E-state index contributed by atoms with van der Waals surface area (Å²) in [4.78, 5) is 14.5. The third-order valence-electron chi connectivity index (χ3n) is 2.91. The van der Waals surface area contributed by atoms with Gasteiger partial charge < -0.3 is 14.3 Å². The van der Waals surface area contributed by atoms with Crippen molar-refractivity contribution in [2.45, 2.75) is 13.8 Å². The summed E-state index contributed by atoms with van der Waals surface area (Å²) in [5.41, 5.74) is 4.20. The van der Waals surface area contributed by atoms with Crippen LogP contribution in [0.25, 0.3) is 11.1 Å². The number of ether oxygens (including phenoxy) is 1. The molecule has 0 aliphatic carbocycles. The fourth-order valence-corrected chi connectivity index (χ4v) is 2.01. The predicted molar refractivity (Wildman–Crippen MR) is 76.9 cm³/mol. The van der Waals surface area contributed by atoms with Gasteiger partial charge in [-0.15, -0.1) is 0 Å². The highest BCUT2D eigenvalue weighted by Crippen LogP contribution is 2.29. The van der Waals surface area contributed by atoms with E-state index < -0.39 is 11.3 Å². The van der Waals surface area contributed by atoms with E-state index in [9.17, 15) is 4.79 Å². The first-order valence-electron chi connectivity index (χ1n) is 5.89. The summed E-state index contributed by atoms with van der Waals surface area (Å²) in [6.07, 6.45) is 1.73. The lowest BCUT2D eigenvalue weighted by Crippen LogP contribution is -2.03. The predicted octanol–water partition coefficient (Wildman–Crippen LogP) is 0.558. The monoisotopic (exact) mass is 313 g/mol. The van der Waals surface area contributed by atoms with Crippen LogP contribution >= 0.6 is 0 Å². The molecule has 2 aromatic rings. The van der Waals surface area contributed by atoms with E-state index in [1.807, 2.05) is 27.0 Å². The molecule has 0 spiro atoms. The molecule has 3 N–H and O–H groups in total. The van der Waals surface area contributed by atoms with Crippen molar-refractivity contribution < 1.29 is 18.3 Å². The average molecular weight is 313 g/mol. The van der Waals surface area contributed by atoms with Crippen LogP contribution in [0.15, 0.2) is 12.3 Å². The topological polar surface area (TPSA) is 126 Å². The van der Waals surface area contributed by atoms with Gasteiger partial charge in [0, 0.05) is 41.3 Å². The number of methoxy groups -OCH3 is 1. The summed E-state index contributed by atoms with van der Waals surface area (Å²) in [5.74, 6) is -0.368. The van der Waals surface area contributed by atoms with E-state index in [4.69, 9.17) is 13.5 Å². The van der Waals surface area contributed by atoms with Crippen molar-refractivity contribution in [3.8, 4) is 11.1 Å². The largest absolute Gasteiger partial charge is 0.760 e. The molecule has 9 heteroatoms. The maximum Gasteiger partial charge on any atom is 0.355 e. The Morgan fingerprint density at radius 1 is 1.52 bits per heavy atom. The molecule has 0 bridgehead atoms. The van der Waals surface area contributed by atoms with Crippen LogP contribution in [0.5, 0.6) is 0 Å². The quantitative estimate of drug-likeness (QED) is 0.618. The zero-order valence-electron chi connectivity index (χ0n) is 12.2. The average Bonchev–Trinajstić information content (AvgIpc) is 2.94. The van der Waals surface area contributed by atoms with Crippen LogP contribution < -0.4 is 5.14 Å². The third kappa shape index (κ3) is 4.00. The van der Waals surface area contributed by atoms with Crippen molar-refractivity contribution >= 4 is 17.2 Å². The number of aromatic amines is 1. The lowest BCUT2D eigenvalue weighted by Gasteiger charge is -2.03. The number of esters is 1. The fourth-order valence-electron chi connectivity index (χ4n) is 2.01. The number of aryl methyl sites for hydroxylation is 2. The lowest BCUT2D eigenvalue weighted by molar-refractivity contribution is 0.0595. The number of nitrogens with zero attached hydrogens (tertiary/aromatic N) is 2. The lowest BCUT2D eigenvalue weighted by atomic mass is 10.0. The summed E-state index contributed by atoms with van der Waals surface area (Å²) >= 11 is -2.36. The number of nitrogens with two attached hydrogens (primary N) is 1. The highest BCUT2D eigenvalue weighted by atomic mass is 32.2. The van der Waals surface area contributed by atoms with E-state index >= 15 is 0 Å². The molecule has 0 fully saturated rings. The SMILES string of the molecule is COC(=O)c1[nH]ccc1-c1c(C)nn(C)c1C.NS(=O)[O-]. The minimum atomic E-state index is -2.36. The van der Waals surface area contributed by atoms with Gasteiger partial charge in [-0.2, -0.15) is 5.10 Å². The molecule has 8 nitrogen and oxygen atoms in total. The molecule has 0 aromatic carbocycles. The second-order valence-corrected chi connectivity index (χ2v) is 4.71. The first-order valence-corrected chi connectivity index (χ1v) is 7.03. The molecular weight excluding hydrogens is 296 g/mol. The molecule has 116 valence electrons. The van der Waals surface area contributed by atoms with Crippen LogP contribution in [0.1, 0.15) is 21.9 Å². The maximum absolute atomic E-state index is 11.6. The molecule has 1 atom stereocenters. The van der Waals surface area contributed by atoms with Gasteiger partial charge in [-0.25, -0.2) is 4.79 Å². The molecular formula is C12H17N4O4S-. The van der Waals surface area contributed by atoms with Crippen molar-refractivity contribution in [3.63, 3.8) is 0 Å². The molecule has 0 radical (unpaired) electrons. The van der Waals surface area contributed by atoms with Crippen LogP contribution in [0.2, 0.25) is 0 Å². The van der Waals surface area contributed by atoms with Crippen LogP contribution in [0.3, 0.4) is 0 Å². The van der Waals surface area contributed by atoms with Gasteiger partial charge in [0.15, 0.2) is 0 Å². The Balaban J connectivity index is 0.000000491. The summed E-state index contributed by atoms with van der Waals surface area (Å²) in [6.45, 7) is 3.90. The van der Waals surface area contributed by atoms with E-state index in [-0.39, 0.29) is 5.97 Å². The van der Waals surface area contributed by atoms with Crippen molar-refractivity contribution in [3.05, 3.63) is 29.3 Å². The number of aromatic nitrogens is 3. The van der Waals surface area contributed by atoms with Crippen LogP contribution in [0.4, 0.5) is 0 Å². The molecule has 2 rings (SSSR count). The van der Waals surface area contributed by atoms with Gasteiger partial charge in [-0.05, 0) is 19.9 Å². The maximum atomic E-state index is 11.6. The van der Waals surface area contributed by atoms with E-state index in [0.29, 0.717) is 5.69 Å². The first-order chi connectivity index (χ1) is 9.79. The number of carbonyl (C=O) groups is 1. The molecule has 0 aliphatic heterocycles. The molecule has 0 aliphatic rings. The molecule has 2 aromatic heterocycles. The van der Waals surface area contributed by atoms with Crippen molar-refractivity contribution in [1.82, 2.24) is 14.8 Å². The van der Waals surface area contributed by atoms with Crippen molar-refractivity contribution in [2.24, 2.45) is 12.2 Å². The standard InChI is InChI=1S/C12H15N3O2.H3NO2S/c1-7-10(8(2)15(3)14-7)9-5-6-13-11(9)12(16)17-4;1-4(2)3/h5-6,13H,1-4H3;1H2,(H,2,3)/p-1. The molecule has 0 saturated carbocycles. The summed E-state index contributed by atoms with van der Waals surface area (Å²) in [5, 5.41) is 8.37. The minimum absolute atomic E-state index is 0.368. The molecule has 1 unspecified atom stereocenters. The van der Waals surface area contributed by atoms with Gasteiger partial charge >= 0.3 is 5.97 Å². The Hall–Kier alpha value is -1.97. The molecule has 0 amide bonds. The van der Waals surface area contributed by atoms with Crippen LogP contribution in [0, 0.1) is 13.8 Å². The Kier molecular flexibility index (Phi) is 5.82. The minimum Gasteiger partial charge on any atom is -0.760 e. The molecule has 21 heavy (non-hydrogen) atoms. The van der Waals surface area contributed by atoms with Gasteiger partial charge in [-0.1, -0.05) is 0 Å². The summed E-state index contributed by atoms with van der Waals surface area (Å²) in [6, 6.07) is 1.86. The number of H-pyrrole nitrogens is 1. The van der Waals surface area contributed by atoms with E-state index in [2.05, 4.69) is 15.2 Å². The summed E-state index contributed by atoms with van der Waals surface area (Å²) in [7, 11) is 3.26. The van der Waals surface area contributed by atoms with Crippen LogP contribution in [-0.4, -0.2) is 36.6 Å². The summed E-state index contributed by atoms with van der Waals surface area (Å²) < 4.78 is 24.1. The van der Waals surface area contributed by atoms with Gasteiger partial charge in [0.25, 0.3) is 0 Å². The molecule has 2 heterocycles. The third-order valence-corrected chi connectivity index (χ3v) is 2.91. The number of hydrogen-bond acceptors (Lipinski definition) is 5. The zero-order chi connectivity index (χ0) is 16.2. The Bertz CT molecular complexity index is 658. The Labute approximate surface area is 124 Å². The number of hydrogen-bond donors (Lipinski definition) is 2. The first kappa shape index (κ1) is 17.1.